The molecule has 2 aromatic heterocycles. The molecule has 1 aromatic carbocycles. The van der Waals surface area contributed by atoms with Crippen LogP contribution in [0.25, 0.3) is 16.9 Å². The molecular weight excluding hydrogens is 309 g/mol. The number of hydrogen-bond donors (Lipinski definition) is 1. The minimum Gasteiger partial charge on any atom is -0.383 e. The number of nitrogens with two attached hydrogens (primary N) is 1. The molecule has 19 heavy (non-hydrogen) atoms. The predicted octanol–water partition coefficient (Wildman–Crippen LogP) is 3.79. The van der Waals surface area contributed by atoms with Crippen LogP contribution in [-0.4, -0.2) is 9.38 Å². The molecule has 0 amide bonds. The first-order valence-electron chi connectivity index (χ1n) is 5.76. The maximum atomic E-state index is 13.6. The Morgan fingerprint density at radius 1 is 1.32 bits per heavy atom. The van der Waals surface area contributed by atoms with Crippen molar-refractivity contribution in [1.82, 2.24) is 9.38 Å². The molecule has 3 aromatic rings. The molecule has 2 N–H and O–H groups in total. The average Bonchev–Trinajstić information content (AvgIpc) is 2.72. The second-order valence-electron chi connectivity index (χ2n) is 4.36. The van der Waals surface area contributed by atoms with Crippen molar-refractivity contribution >= 4 is 27.4 Å². The zero-order valence-electron chi connectivity index (χ0n) is 10.2. The Morgan fingerprint density at radius 3 is 2.79 bits per heavy atom. The molecule has 2 heterocycles. The maximum Gasteiger partial charge on any atom is 0.153 e. The highest BCUT2D eigenvalue weighted by Crippen LogP contribution is 2.30. The minimum absolute atomic E-state index is 0.256. The van der Waals surface area contributed by atoms with E-state index in [0.29, 0.717) is 22.6 Å². The summed E-state index contributed by atoms with van der Waals surface area (Å²) in [6.45, 7) is 1.72. The number of aromatic nitrogens is 2. The number of anilines is 1. The van der Waals surface area contributed by atoms with E-state index in [1.54, 1.807) is 17.4 Å². The summed E-state index contributed by atoms with van der Waals surface area (Å²) < 4.78 is 16.3. The van der Waals surface area contributed by atoms with Gasteiger partial charge in [0.05, 0.1) is 4.47 Å². The molecule has 0 spiro atoms. The summed E-state index contributed by atoms with van der Waals surface area (Å²) in [6, 6.07) is 8.77. The largest absolute Gasteiger partial charge is 0.383 e. The number of halogens is 2. The summed E-state index contributed by atoms with van der Waals surface area (Å²) in [5, 5.41) is 0. The summed E-state index contributed by atoms with van der Waals surface area (Å²) in [5.74, 6) is 0.243. The topological polar surface area (TPSA) is 43.3 Å². The van der Waals surface area contributed by atoms with E-state index in [4.69, 9.17) is 5.73 Å². The summed E-state index contributed by atoms with van der Waals surface area (Å²) in [4.78, 5) is 4.48. The van der Waals surface area contributed by atoms with Crippen LogP contribution in [0.4, 0.5) is 10.2 Å². The van der Waals surface area contributed by atoms with Crippen LogP contribution in [-0.2, 0) is 0 Å². The van der Waals surface area contributed by atoms with Gasteiger partial charge in [0.15, 0.2) is 5.65 Å². The molecule has 0 aliphatic rings. The fourth-order valence-corrected chi connectivity index (χ4v) is 2.44. The van der Waals surface area contributed by atoms with Gasteiger partial charge in [0, 0.05) is 11.8 Å². The second kappa shape index (κ2) is 4.35. The SMILES string of the molecule is Cc1ccc(-c2nc3c(Br)cccn3c2N)cc1F. The Labute approximate surface area is 118 Å². The number of hydrogen-bond acceptors (Lipinski definition) is 2. The Hall–Kier alpha value is -1.88. The number of nitrogens with zero attached hydrogens (tertiary/aromatic N) is 2. The van der Waals surface area contributed by atoms with Gasteiger partial charge in [-0.15, -0.1) is 0 Å². The third-order valence-corrected chi connectivity index (χ3v) is 3.70. The standard InChI is InChI=1S/C14H11BrFN3/c1-8-4-5-9(7-11(8)16)12-13(17)19-6-2-3-10(15)14(19)18-12/h2-7H,17H2,1H3. The molecule has 0 aliphatic heterocycles. The maximum absolute atomic E-state index is 13.6. The molecule has 96 valence electrons. The summed E-state index contributed by atoms with van der Waals surface area (Å²) in [7, 11) is 0. The average molecular weight is 320 g/mol. The molecular formula is C14H11BrFN3. The summed E-state index contributed by atoms with van der Waals surface area (Å²) in [6.07, 6.45) is 1.83. The fraction of sp³-hybridized carbons (Fsp3) is 0.0714. The van der Waals surface area contributed by atoms with Gasteiger partial charge in [0.1, 0.15) is 17.3 Å². The summed E-state index contributed by atoms with van der Waals surface area (Å²) in [5.41, 5.74) is 8.67. The predicted molar refractivity (Wildman–Crippen MR) is 77.4 cm³/mol. The van der Waals surface area contributed by atoms with Crippen molar-refractivity contribution in [2.75, 3.05) is 5.73 Å². The van der Waals surface area contributed by atoms with Crippen LogP contribution in [0.15, 0.2) is 41.0 Å². The van der Waals surface area contributed by atoms with E-state index < -0.39 is 0 Å². The van der Waals surface area contributed by atoms with Crippen molar-refractivity contribution in [3.63, 3.8) is 0 Å². The number of pyridine rings is 1. The van der Waals surface area contributed by atoms with Gasteiger partial charge in [0.2, 0.25) is 0 Å². The number of fused-ring (bicyclic) bond motifs is 1. The van der Waals surface area contributed by atoms with E-state index in [9.17, 15) is 4.39 Å². The van der Waals surface area contributed by atoms with Crippen molar-refractivity contribution < 1.29 is 4.39 Å². The van der Waals surface area contributed by atoms with Gasteiger partial charge >= 0.3 is 0 Å². The van der Waals surface area contributed by atoms with Gasteiger partial charge in [-0.1, -0.05) is 12.1 Å². The molecule has 0 saturated carbocycles. The Bertz CT molecular complexity index is 780. The number of benzene rings is 1. The molecule has 0 unspecified atom stereocenters. The monoisotopic (exact) mass is 319 g/mol. The van der Waals surface area contributed by atoms with E-state index in [2.05, 4.69) is 20.9 Å². The highest BCUT2D eigenvalue weighted by atomic mass is 79.9. The Morgan fingerprint density at radius 2 is 2.11 bits per heavy atom. The van der Waals surface area contributed by atoms with Gasteiger partial charge in [-0.2, -0.15) is 0 Å². The highest BCUT2D eigenvalue weighted by molar-refractivity contribution is 9.10. The van der Waals surface area contributed by atoms with Gasteiger partial charge in [-0.25, -0.2) is 9.37 Å². The van der Waals surface area contributed by atoms with Crippen LogP contribution in [0.1, 0.15) is 5.56 Å². The third-order valence-electron chi connectivity index (χ3n) is 3.08. The zero-order valence-corrected chi connectivity index (χ0v) is 11.8. The molecule has 0 fully saturated rings. The lowest BCUT2D eigenvalue weighted by atomic mass is 10.1. The van der Waals surface area contributed by atoms with Gasteiger partial charge in [-0.3, -0.25) is 4.40 Å². The van der Waals surface area contributed by atoms with Gasteiger partial charge in [-0.05, 0) is 46.6 Å². The lowest BCUT2D eigenvalue weighted by Crippen LogP contribution is -1.94. The van der Waals surface area contributed by atoms with Crippen molar-refractivity contribution in [3.8, 4) is 11.3 Å². The molecule has 0 saturated heterocycles. The summed E-state index contributed by atoms with van der Waals surface area (Å²) >= 11 is 3.43. The third kappa shape index (κ3) is 1.90. The second-order valence-corrected chi connectivity index (χ2v) is 5.21. The van der Waals surface area contributed by atoms with Crippen LogP contribution in [0.5, 0.6) is 0 Å². The van der Waals surface area contributed by atoms with Gasteiger partial charge in [0.25, 0.3) is 0 Å². The van der Waals surface area contributed by atoms with E-state index in [0.717, 1.165) is 10.1 Å². The van der Waals surface area contributed by atoms with E-state index in [1.807, 2.05) is 24.4 Å². The normalized spacial score (nSPS) is 11.1. The lowest BCUT2D eigenvalue weighted by molar-refractivity contribution is 0.619. The quantitative estimate of drug-likeness (QED) is 0.741. The smallest absolute Gasteiger partial charge is 0.153 e. The van der Waals surface area contributed by atoms with Crippen molar-refractivity contribution in [2.24, 2.45) is 0 Å². The fourth-order valence-electron chi connectivity index (χ4n) is 2.01. The Balaban J connectivity index is 2.28. The van der Waals surface area contributed by atoms with E-state index >= 15 is 0 Å². The molecule has 5 heteroatoms. The Kier molecular flexibility index (Phi) is 2.78. The number of aryl methyl sites for hydroxylation is 1. The number of nitrogen functional groups attached to an aromatic ring is 1. The molecule has 3 rings (SSSR count). The molecule has 0 atom stereocenters. The molecule has 0 bridgehead atoms. The van der Waals surface area contributed by atoms with Crippen LogP contribution >= 0.6 is 15.9 Å². The number of imidazole rings is 1. The van der Waals surface area contributed by atoms with E-state index in [-0.39, 0.29) is 5.82 Å². The van der Waals surface area contributed by atoms with Crippen LogP contribution in [0.2, 0.25) is 0 Å². The van der Waals surface area contributed by atoms with Crippen LogP contribution in [0.3, 0.4) is 0 Å². The van der Waals surface area contributed by atoms with Crippen molar-refractivity contribution in [3.05, 3.63) is 52.4 Å². The molecule has 0 radical (unpaired) electrons. The lowest BCUT2D eigenvalue weighted by Gasteiger charge is -2.01. The van der Waals surface area contributed by atoms with Crippen molar-refractivity contribution in [1.29, 1.82) is 0 Å². The molecule has 0 aliphatic carbocycles. The van der Waals surface area contributed by atoms with Gasteiger partial charge < -0.3 is 5.73 Å². The van der Waals surface area contributed by atoms with Crippen LogP contribution in [0, 0.1) is 12.7 Å². The first-order valence-corrected chi connectivity index (χ1v) is 6.56. The first-order chi connectivity index (χ1) is 9.08. The van der Waals surface area contributed by atoms with Crippen molar-refractivity contribution in [2.45, 2.75) is 6.92 Å². The first kappa shape index (κ1) is 12.2. The zero-order chi connectivity index (χ0) is 13.6. The number of rotatable bonds is 1. The van der Waals surface area contributed by atoms with E-state index in [1.165, 1.54) is 6.07 Å². The minimum atomic E-state index is -0.256. The molecule has 3 nitrogen and oxygen atoms in total. The highest BCUT2D eigenvalue weighted by Gasteiger charge is 2.13. The van der Waals surface area contributed by atoms with Crippen LogP contribution < -0.4 is 5.73 Å².